The molecule has 3 unspecified atom stereocenters. The van der Waals surface area contributed by atoms with E-state index in [-0.39, 0.29) is 18.3 Å². The normalized spacial score (nSPS) is 47.3. The van der Waals surface area contributed by atoms with Crippen molar-refractivity contribution in [3.63, 3.8) is 0 Å². The summed E-state index contributed by atoms with van der Waals surface area (Å²) in [4.78, 5) is 2.39. The van der Waals surface area contributed by atoms with E-state index in [2.05, 4.69) is 32.6 Å². The molecule has 0 N–H and O–H groups in total. The largest absolute Gasteiger partial charge is 0.501 e. The van der Waals surface area contributed by atoms with E-state index < -0.39 is 8.80 Å². The molecule has 0 amide bonds. The monoisotopic (exact) mass is 259 g/mol. The molecule has 0 radical (unpaired) electrons. The molecule has 3 atom stereocenters. The van der Waals surface area contributed by atoms with Crippen LogP contribution in [0.3, 0.4) is 0 Å². The van der Waals surface area contributed by atoms with Crippen LogP contribution < -0.4 is 0 Å². The Morgan fingerprint density at radius 1 is 0.941 bits per heavy atom. The van der Waals surface area contributed by atoms with E-state index in [4.69, 9.17) is 13.3 Å². The van der Waals surface area contributed by atoms with Gasteiger partial charge in [0, 0.05) is 25.7 Å². The molecule has 3 rings (SSSR count). The van der Waals surface area contributed by atoms with Gasteiger partial charge in [-0.15, -0.1) is 0 Å². The Morgan fingerprint density at radius 3 is 1.71 bits per heavy atom. The second-order valence-electron chi connectivity index (χ2n) is 5.44. The van der Waals surface area contributed by atoms with Gasteiger partial charge in [-0.05, 0) is 20.8 Å². The Bertz CT molecular complexity index is 228. The van der Waals surface area contributed by atoms with Crippen molar-refractivity contribution in [1.82, 2.24) is 4.90 Å². The first-order valence-corrected chi connectivity index (χ1v) is 8.72. The first-order chi connectivity index (χ1) is 8.03. The van der Waals surface area contributed by atoms with Crippen LogP contribution in [-0.4, -0.2) is 51.7 Å². The van der Waals surface area contributed by atoms with Crippen molar-refractivity contribution < 1.29 is 13.3 Å². The van der Waals surface area contributed by atoms with Gasteiger partial charge in [-0.1, -0.05) is 13.3 Å². The summed E-state index contributed by atoms with van der Waals surface area (Å²) in [7, 11) is -2.44. The summed E-state index contributed by atoms with van der Waals surface area (Å²) in [5, 5.41) is 0. The molecule has 0 aromatic heterocycles. The molecule has 0 aliphatic carbocycles. The Kier molecular flexibility index (Phi) is 4.25. The maximum Gasteiger partial charge on any atom is 0.501 e. The van der Waals surface area contributed by atoms with E-state index in [1.54, 1.807) is 0 Å². The second-order valence-corrected chi connectivity index (χ2v) is 8.01. The maximum atomic E-state index is 6.18. The van der Waals surface area contributed by atoms with Crippen LogP contribution in [-0.2, 0) is 13.3 Å². The number of fused-ring (bicyclic) bond motifs is 6. The van der Waals surface area contributed by atoms with E-state index in [1.807, 2.05) is 0 Å². The minimum Gasteiger partial charge on any atom is -0.369 e. The van der Waals surface area contributed by atoms with Crippen LogP contribution in [0, 0.1) is 0 Å². The predicted octanol–water partition coefficient (Wildman–Crippen LogP) is 1.88. The van der Waals surface area contributed by atoms with Crippen LogP contribution >= 0.6 is 0 Å². The van der Waals surface area contributed by atoms with Crippen LogP contribution in [0.5, 0.6) is 0 Å². The molecule has 2 bridgehead atoms. The zero-order valence-electron chi connectivity index (χ0n) is 11.4. The summed E-state index contributed by atoms with van der Waals surface area (Å²) >= 11 is 0. The molecule has 100 valence electrons. The van der Waals surface area contributed by atoms with E-state index in [0.29, 0.717) is 0 Å². The SMILES string of the molecule is CCC[Si]12OC(C)CN(CC(C)O1)CC(C)O2. The fraction of sp³-hybridized carbons (Fsp3) is 1.00. The molecular formula is C12H25NO3Si. The van der Waals surface area contributed by atoms with Crippen LogP contribution in [0.2, 0.25) is 6.04 Å². The molecule has 3 heterocycles. The van der Waals surface area contributed by atoms with Crippen molar-refractivity contribution in [2.75, 3.05) is 19.6 Å². The van der Waals surface area contributed by atoms with Gasteiger partial charge in [0.15, 0.2) is 0 Å². The van der Waals surface area contributed by atoms with Gasteiger partial charge in [-0.2, -0.15) is 0 Å². The third kappa shape index (κ3) is 3.29. The Morgan fingerprint density at radius 2 is 1.35 bits per heavy atom. The van der Waals surface area contributed by atoms with Gasteiger partial charge >= 0.3 is 8.80 Å². The predicted molar refractivity (Wildman–Crippen MR) is 68.9 cm³/mol. The fourth-order valence-corrected chi connectivity index (χ4v) is 6.11. The van der Waals surface area contributed by atoms with E-state index in [1.165, 1.54) is 0 Å². The Hall–Kier alpha value is 0.0569. The average molecular weight is 259 g/mol. The molecule has 3 aliphatic rings. The lowest BCUT2D eigenvalue weighted by Crippen LogP contribution is -2.61. The lowest BCUT2D eigenvalue weighted by Gasteiger charge is -2.45. The van der Waals surface area contributed by atoms with Gasteiger partial charge in [-0.3, -0.25) is 4.90 Å². The topological polar surface area (TPSA) is 30.9 Å². The highest BCUT2D eigenvalue weighted by Crippen LogP contribution is 2.28. The maximum absolute atomic E-state index is 6.18. The van der Waals surface area contributed by atoms with E-state index in [0.717, 1.165) is 32.1 Å². The fourth-order valence-electron chi connectivity index (χ4n) is 2.91. The first-order valence-electron chi connectivity index (χ1n) is 6.79. The highest BCUT2D eigenvalue weighted by atomic mass is 28.4. The molecule has 4 nitrogen and oxygen atoms in total. The van der Waals surface area contributed by atoms with Crippen molar-refractivity contribution in [2.45, 2.75) is 58.5 Å². The zero-order valence-corrected chi connectivity index (χ0v) is 12.4. The quantitative estimate of drug-likeness (QED) is 0.709. The van der Waals surface area contributed by atoms with Gasteiger partial charge in [0.1, 0.15) is 0 Å². The van der Waals surface area contributed by atoms with Crippen LogP contribution in [0.4, 0.5) is 0 Å². The van der Waals surface area contributed by atoms with Gasteiger partial charge < -0.3 is 13.3 Å². The van der Waals surface area contributed by atoms with Gasteiger partial charge in [-0.25, -0.2) is 0 Å². The minimum absolute atomic E-state index is 0.216. The van der Waals surface area contributed by atoms with Crippen molar-refractivity contribution in [2.24, 2.45) is 0 Å². The number of hydrogen-bond donors (Lipinski definition) is 0. The summed E-state index contributed by atoms with van der Waals surface area (Å²) in [6.45, 7) is 11.6. The van der Waals surface area contributed by atoms with Gasteiger partial charge in [0.2, 0.25) is 0 Å². The van der Waals surface area contributed by atoms with E-state index >= 15 is 0 Å². The molecule has 0 aromatic carbocycles. The van der Waals surface area contributed by atoms with Gasteiger partial charge in [0.25, 0.3) is 0 Å². The molecule has 0 aromatic rings. The zero-order chi connectivity index (χ0) is 12.5. The molecule has 3 saturated heterocycles. The molecule has 0 saturated carbocycles. The molecule has 3 aliphatic heterocycles. The molecule has 0 spiro atoms. The number of nitrogens with zero attached hydrogens (tertiary/aromatic N) is 1. The molecule has 3 fully saturated rings. The number of rotatable bonds is 2. The van der Waals surface area contributed by atoms with Crippen molar-refractivity contribution in [3.05, 3.63) is 0 Å². The molecule has 5 heteroatoms. The third-order valence-electron chi connectivity index (χ3n) is 3.24. The smallest absolute Gasteiger partial charge is 0.369 e. The van der Waals surface area contributed by atoms with Crippen LogP contribution in [0.15, 0.2) is 0 Å². The lowest BCUT2D eigenvalue weighted by molar-refractivity contribution is -0.0789. The average Bonchev–Trinajstić information content (AvgIpc) is 2.11. The summed E-state index contributed by atoms with van der Waals surface area (Å²) in [5.41, 5.74) is 0. The number of hydrogen-bond acceptors (Lipinski definition) is 4. The third-order valence-corrected chi connectivity index (χ3v) is 6.64. The lowest BCUT2D eigenvalue weighted by atomic mass is 10.2. The van der Waals surface area contributed by atoms with E-state index in [9.17, 15) is 0 Å². The molecule has 17 heavy (non-hydrogen) atoms. The van der Waals surface area contributed by atoms with Crippen molar-refractivity contribution >= 4 is 8.80 Å². The summed E-state index contributed by atoms with van der Waals surface area (Å²) in [6.07, 6.45) is 1.71. The Balaban J connectivity index is 2.22. The van der Waals surface area contributed by atoms with Crippen LogP contribution in [0.1, 0.15) is 34.1 Å². The highest BCUT2D eigenvalue weighted by Gasteiger charge is 2.48. The van der Waals surface area contributed by atoms with Gasteiger partial charge in [0.05, 0.1) is 18.3 Å². The minimum atomic E-state index is -2.44. The van der Waals surface area contributed by atoms with Crippen molar-refractivity contribution in [1.29, 1.82) is 0 Å². The second kappa shape index (κ2) is 5.36. The summed E-state index contributed by atoms with van der Waals surface area (Å²) in [5.74, 6) is 0. The highest BCUT2D eigenvalue weighted by molar-refractivity contribution is 6.60. The standard InChI is InChI=1S/C12H25NO3Si/c1-5-6-17-14-10(2)7-13(8-11(3)15-17)9-12(4)16-17/h10-12H,5-9H2,1-4H3. The van der Waals surface area contributed by atoms with Crippen molar-refractivity contribution in [3.8, 4) is 0 Å². The summed E-state index contributed by atoms with van der Waals surface area (Å²) in [6, 6.07) is 0.937. The molecular weight excluding hydrogens is 234 g/mol. The van der Waals surface area contributed by atoms with Crippen LogP contribution in [0.25, 0.3) is 0 Å². The Labute approximate surface area is 106 Å². The summed E-state index contributed by atoms with van der Waals surface area (Å²) < 4.78 is 18.6. The first kappa shape index (κ1) is 13.5.